The van der Waals surface area contributed by atoms with Crippen molar-refractivity contribution >= 4 is 5.97 Å². The van der Waals surface area contributed by atoms with Gasteiger partial charge in [-0.1, -0.05) is 0 Å². The molecule has 2 aromatic heterocycles. The molecule has 8 nitrogen and oxygen atoms in total. The van der Waals surface area contributed by atoms with Crippen LogP contribution in [0, 0.1) is 0 Å². The number of carboxylic acids is 1. The molecular formula is C21H21N3O5. The van der Waals surface area contributed by atoms with Gasteiger partial charge < -0.3 is 19.1 Å². The fourth-order valence-electron chi connectivity index (χ4n) is 3.03. The normalized spacial score (nSPS) is 13.3. The van der Waals surface area contributed by atoms with Crippen molar-refractivity contribution in [2.75, 3.05) is 6.61 Å². The number of aryl methyl sites for hydroxylation is 1. The van der Waals surface area contributed by atoms with Crippen LogP contribution in [0.2, 0.25) is 0 Å². The molecule has 3 aromatic rings. The summed E-state index contributed by atoms with van der Waals surface area (Å²) in [5.74, 6) is 0.0215. The van der Waals surface area contributed by atoms with E-state index in [1.54, 1.807) is 37.8 Å². The van der Waals surface area contributed by atoms with Crippen molar-refractivity contribution in [2.45, 2.75) is 25.9 Å². The number of aromatic nitrogens is 3. The maximum absolute atomic E-state index is 12.0. The molecule has 1 aliphatic carbocycles. The second-order valence-corrected chi connectivity index (χ2v) is 6.91. The molecule has 1 N–H and O–H groups in total. The van der Waals surface area contributed by atoms with Crippen LogP contribution in [-0.2, 0) is 7.05 Å². The topological polar surface area (TPSA) is 95.6 Å². The van der Waals surface area contributed by atoms with Gasteiger partial charge in [-0.2, -0.15) is 5.10 Å². The number of rotatable bonds is 7. The first-order valence-corrected chi connectivity index (χ1v) is 9.39. The molecule has 1 fully saturated rings. The average Bonchev–Trinajstić information content (AvgIpc) is 3.37. The molecule has 0 spiro atoms. The highest BCUT2D eigenvalue weighted by Crippen LogP contribution is 2.31. The van der Waals surface area contributed by atoms with Crippen molar-refractivity contribution in [2.24, 2.45) is 7.05 Å². The lowest BCUT2D eigenvalue weighted by Crippen LogP contribution is -2.15. The van der Waals surface area contributed by atoms with E-state index in [-0.39, 0.29) is 17.2 Å². The van der Waals surface area contributed by atoms with Gasteiger partial charge in [0.05, 0.1) is 30.2 Å². The van der Waals surface area contributed by atoms with Crippen LogP contribution in [-0.4, -0.2) is 38.1 Å². The first-order valence-electron chi connectivity index (χ1n) is 9.39. The van der Waals surface area contributed by atoms with E-state index >= 15 is 0 Å². The van der Waals surface area contributed by atoms with E-state index in [0.29, 0.717) is 34.9 Å². The predicted molar refractivity (Wildman–Crippen MR) is 106 cm³/mol. The van der Waals surface area contributed by atoms with Gasteiger partial charge in [0.2, 0.25) is 0 Å². The van der Waals surface area contributed by atoms with Gasteiger partial charge in [-0.15, -0.1) is 0 Å². The van der Waals surface area contributed by atoms with E-state index in [0.717, 1.165) is 12.8 Å². The summed E-state index contributed by atoms with van der Waals surface area (Å²) < 4.78 is 14.4. The maximum atomic E-state index is 12.0. The minimum Gasteiger partial charge on any atom is -0.493 e. The summed E-state index contributed by atoms with van der Waals surface area (Å²) in [6.07, 6.45) is 7.22. The monoisotopic (exact) mass is 395 g/mol. The molecule has 0 saturated heterocycles. The van der Waals surface area contributed by atoms with Crippen molar-refractivity contribution in [1.82, 2.24) is 14.3 Å². The number of nitrogens with zero attached hydrogens (tertiary/aromatic N) is 3. The Morgan fingerprint density at radius 3 is 2.76 bits per heavy atom. The lowest BCUT2D eigenvalue weighted by atomic mass is 10.1. The third-order valence-corrected chi connectivity index (χ3v) is 4.66. The number of carboxylic acid groups (broad SMARTS) is 1. The molecule has 1 aromatic carbocycles. The van der Waals surface area contributed by atoms with Gasteiger partial charge in [0.15, 0.2) is 0 Å². The third-order valence-electron chi connectivity index (χ3n) is 4.66. The van der Waals surface area contributed by atoms with E-state index in [2.05, 4.69) is 5.10 Å². The number of hydrogen-bond acceptors (Lipinski definition) is 5. The highest BCUT2D eigenvalue weighted by Gasteiger charge is 2.24. The van der Waals surface area contributed by atoms with Crippen LogP contribution in [0.3, 0.4) is 0 Å². The molecule has 4 rings (SSSR count). The number of carbonyl (C=O) groups is 1. The summed E-state index contributed by atoms with van der Waals surface area (Å²) >= 11 is 0. The Balaban J connectivity index is 1.77. The predicted octanol–water partition coefficient (Wildman–Crippen LogP) is 2.88. The molecule has 0 amide bonds. The highest BCUT2D eigenvalue weighted by atomic mass is 16.5. The molecular weight excluding hydrogens is 374 g/mol. The van der Waals surface area contributed by atoms with Crippen LogP contribution >= 0.6 is 0 Å². The second-order valence-electron chi connectivity index (χ2n) is 6.91. The van der Waals surface area contributed by atoms with Gasteiger partial charge in [0.1, 0.15) is 11.5 Å². The SMILES string of the molecule is CCOc1cc(=O)n(C)cc1-c1cnn(-c2cc(OC3CC3)ccc2C(=O)O)c1. The Bertz CT molecular complexity index is 1130. The van der Waals surface area contributed by atoms with Crippen molar-refractivity contribution in [3.05, 3.63) is 58.8 Å². The molecule has 0 radical (unpaired) electrons. The molecule has 0 unspecified atom stereocenters. The van der Waals surface area contributed by atoms with Gasteiger partial charge in [-0.3, -0.25) is 4.79 Å². The average molecular weight is 395 g/mol. The number of hydrogen-bond donors (Lipinski definition) is 1. The zero-order valence-electron chi connectivity index (χ0n) is 16.2. The summed E-state index contributed by atoms with van der Waals surface area (Å²) in [6.45, 7) is 2.26. The van der Waals surface area contributed by atoms with Crippen LogP contribution in [0.15, 0.2) is 47.7 Å². The Kier molecular flexibility index (Phi) is 4.84. The van der Waals surface area contributed by atoms with Crippen LogP contribution in [0.5, 0.6) is 11.5 Å². The summed E-state index contributed by atoms with van der Waals surface area (Å²) in [5, 5.41) is 13.9. The third kappa shape index (κ3) is 3.87. The number of aromatic carboxylic acids is 1. The minimum absolute atomic E-state index is 0.119. The van der Waals surface area contributed by atoms with Gasteiger partial charge >= 0.3 is 5.97 Å². The number of ether oxygens (including phenoxy) is 2. The minimum atomic E-state index is -1.05. The molecule has 1 aliphatic rings. The van der Waals surface area contributed by atoms with Gasteiger partial charge in [0, 0.05) is 42.7 Å². The van der Waals surface area contributed by atoms with Gasteiger partial charge in [-0.25, -0.2) is 9.48 Å². The summed E-state index contributed by atoms with van der Waals surface area (Å²) in [7, 11) is 1.66. The highest BCUT2D eigenvalue weighted by molar-refractivity contribution is 5.92. The zero-order valence-corrected chi connectivity index (χ0v) is 16.2. The van der Waals surface area contributed by atoms with E-state index < -0.39 is 5.97 Å². The van der Waals surface area contributed by atoms with Crippen LogP contribution in [0.4, 0.5) is 0 Å². The van der Waals surface area contributed by atoms with Gasteiger partial charge in [0.25, 0.3) is 5.56 Å². The Labute approximate surface area is 166 Å². The Morgan fingerprint density at radius 2 is 2.07 bits per heavy atom. The first kappa shape index (κ1) is 18.8. The van der Waals surface area contributed by atoms with Crippen molar-refractivity contribution in [3.63, 3.8) is 0 Å². The van der Waals surface area contributed by atoms with E-state index in [1.807, 2.05) is 6.92 Å². The second kappa shape index (κ2) is 7.46. The molecule has 1 saturated carbocycles. The molecule has 8 heteroatoms. The first-order chi connectivity index (χ1) is 14.0. The van der Waals surface area contributed by atoms with Crippen molar-refractivity contribution < 1.29 is 19.4 Å². The molecule has 150 valence electrons. The summed E-state index contributed by atoms with van der Waals surface area (Å²) in [5.41, 5.74) is 1.75. The van der Waals surface area contributed by atoms with Crippen LogP contribution in [0.25, 0.3) is 16.8 Å². The lowest BCUT2D eigenvalue weighted by molar-refractivity contribution is 0.0696. The smallest absolute Gasteiger partial charge is 0.337 e. The molecule has 0 bridgehead atoms. The quantitative estimate of drug-likeness (QED) is 0.661. The number of pyridine rings is 1. The fourth-order valence-corrected chi connectivity index (χ4v) is 3.03. The summed E-state index contributed by atoms with van der Waals surface area (Å²) in [4.78, 5) is 23.7. The van der Waals surface area contributed by atoms with Crippen LogP contribution < -0.4 is 15.0 Å². The molecule has 0 aliphatic heterocycles. The Hall–Kier alpha value is -3.55. The lowest BCUT2D eigenvalue weighted by Gasteiger charge is -2.11. The van der Waals surface area contributed by atoms with E-state index in [9.17, 15) is 14.7 Å². The van der Waals surface area contributed by atoms with Gasteiger partial charge in [-0.05, 0) is 31.9 Å². The molecule has 29 heavy (non-hydrogen) atoms. The summed E-state index contributed by atoms with van der Waals surface area (Å²) in [6, 6.07) is 6.30. The zero-order chi connectivity index (χ0) is 20.5. The van der Waals surface area contributed by atoms with E-state index in [4.69, 9.17) is 9.47 Å². The fraction of sp³-hybridized carbons (Fsp3) is 0.286. The largest absolute Gasteiger partial charge is 0.493 e. The molecule has 0 atom stereocenters. The van der Waals surface area contributed by atoms with Crippen molar-refractivity contribution in [1.29, 1.82) is 0 Å². The Morgan fingerprint density at radius 1 is 1.28 bits per heavy atom. The van der Waals surface area contributed by atoms with Crippen molar-refractivity contribution in [3.8, 4) is 28.3 Å². The van der Waals surface area contributed by atoms with E-state index in [1.165, 1.54) is 21.4 Å². The molecule has 2 heterocycles. The standard InChI is InChI=1S/C21H21N3O5/c1-3-28-19-9-20(25)23(2)12-17(19)13-10-22-24(11-13)18-8-15(29-14-4-5-14)6-7-16(18)21(26)27/h6-12,14H,3-5H2,1-2H3,(H,26,27). The van der Waals surface area contributed by atoms with Crippen LogP contribution in [0.1, 0.15) is 30.1 Å². The maximum Gasteiger partial charge on any atom is 0.337 e. The number of benzene rings is 1.